The van der Waals surface area contributed by atoms with Gasteiger partial charge in [-0.3, -0.25) is 4.68 Å². The van der Waals surface area contributed by atoms with Crippen molar-refractivity contribution >= 4 is 17.2 Å². The number of rotatable bonds is 5. The fourth-order valence-corrected chi connectivity index (χ4v) is 2.28. The molecule has 2 rings (SSSR count). The average Bonchev–Trinajstić information content (AvgIpc) is 2.83. The van der Waals surface area contributed by atoms with E-state index in [-0.39, 0.29) is 11.5 Å². The fourth-order valence-electron chi connectivity index (χ4n) is 2.03. The number of benzene rings is 1. The van der Waals surface area contributed by atoms with Crippen LogP contribution in [0.1, 0.15) is 30.9 Å². The van der Waals surface area contributed by atoms with Crippen molar-refractivity contribution in [3.63, 3.8) is 0 Å². The van der Waals surface area contributed by atoms with Crippen LogP contribution in [0.4, 0.5) is 5.69 Å². The number of ether oxygens (including phenoxy) is 1. The summed E-state index contributed by atoms with van der Waals surface area (Å²) in [4.78, 5) is 0. The zero-order chi connectivity index (χ0) is 14.5. The Balaban J connectivity index is 2.30. The van der Waals surface area contributed by atoms with Crippen molar-refractivity contribution in [1.82, 2.24) is 9.78 Å². The van der Waals surface area contributed by atoms with Gasteiger partial charge in [-0.1, -0.05) is 26.0 Å². The zero-order valence-corrected chi connectivity index (χ0v) is 12.6. The molecule has 0 unspecified atom stereocenters. The van der Waals surface area contributed by atoms with Crippen LogP contribution >= 0.6 is 0 Å². The molecule has 0 saturated carbocycles. The largest absolute Gasteiger partial charge is 0.472 e. The summed E-state index contributed by atoms with van der Waals surface area (Å²) in [7, 11) is 1.84. The average molecular weight is 291 g/mol. The summed E-state index contributed by atoms with van der Waals surface area (Å²) >= 11 is 0.215. The van der Waals surface area contributed by atoms with Crippen molar-refractivity contribution in [1.29, 1.82) is 0 Å². The molecule has 0 amide bonds. The standard InChI is InChI=1S/C14H17N3O2S/c1-10(2)11-5-4-6-13(16-20-18)12(11)9-19-14-7-8-17(3)15-14/h4-8,10H,9H2,1-3H3. The lowest BCUT2D eigenvalue weighted by Crippen LogP contribution is -2.03. The highest BCUT2D eigenvalue weighted by Crippen LogP contribution is 2.29. The van der Waals surface area contributed by atoms with Crippen LogP contribution in [0.2, 0.25) is 0 Å². The Morgan fingerprint density at radius 2 is 2.20 bits per heavy atom. The van der Waals surface area contributed by atoms with Crippen LogP contribution in [0.15, 0.2) is 34.8 Å². The molecular weight excluding hydrogens is 274 g/mol. The molecule has 2 aromatic rings. The molecule has 0 aliphatic heterocycles. The predicted octanol–water partition coefficient (Wildman–Crippen LogP) is 3.15. The Labute approximate surface area is 121 Å². The normalized spacial score (nSPS) is 10.6. The number of nitrogens with zero attached hydrogens (tertiary/aromatic N) is 3. The van der Waals surface area contributed by atoms with Crippen molar-refractivity contribution in [3.8, 4) is 5.88 Å². The smallest absolute Gasteiger partial charge is 0.233 e. The minimum atomic E-state index is 0.215. The summed E-state index contributed by atoms with van der Waals surface area (Å²) in [5.41, 5.74) is 2.75. The van der Waals surface area contributed by atoms with E-state index in [1.54, 1.807) is 10.7 Å². The van der Waals surface area contributed by atoms with Gasteiger partial charge in [0.25, 0.3) is 0 Å². The van der Waals surface area contributed by atoms with Gasteiger partial charge in [-0.05, 0) is 17.5 Å². The molecule has 0 atom stereocenters. The first-order valence-corrected chi connectivity index (χ1v) is 7.06. The SMILES string of the molecule is CC(C)c1cccc(N=S=O)c1COc1ccn(C)n1. The maximum atomic E-state index is 10.7. The first kappa shape index (κ1) is 14.5. The number of hydrogen-bond acceptors (Lipinski definition) is 4. The van der Waals surface area contributed by atoms with E-state index in [1.165, 1.54) is 0 Å². The van der Waals surface area contributed by atoms with Gasteiger partial charge in [-0.15, -0.1) is 5.10 Å². The van der Waals surface area contributed by atoms with Crippen LogP contribution in [0.5, 0.6) is 5.88 Å². The molecule has 0 radical (unpaired) electrons. The van der Waals surface area contributed by atoms with Crippen LogP contribution in [0.3, 0.4) is 0 Å². The molecular formula is C14H17N3O2S. The van der Waals surface area contributed by atoms with E-state index in [4.69, 9.17) is 4.74 Å². The fraction of sp³-hybridized carbons (Fsp3) is 0.357. The highest BCUT2D eigenvalue weighted by molar-refractivity contribution is 7.54. The monoisotopic (exact) mass is 291 g/mol. The summed E-state index contributed by atoms with van der Waals surface area (Å²) in [6, 6.07) is 7.58. The summed E-state index contributed by atoms with van der Waals surface area (Å²) in [6.07, 6.45) is 1.82. The van der Waals surface area contributed by atoms with E-state index >= 15 is 0 Å². The molecule has 1 heterocycles. The van der Waals surface area contributed by atoms with Gasteiger partial charge in [0, 0.05) is 24.9 Å². The first-order chi connectivity index (χ1) is 9.61. The molecule has 0 bridgehead atoms. The van der Waals surface area contributed by atoms with E-state index in [2.05, 4.69) is 23.3 Å². The molecule has 106 valence electrons. The van der Waals surface area contributed by atoms with Crippen molar-refractivity contribution in [2.75, 3.05) is 0 Å². The number of hydrogen-bond donors (Lipinski definition) is 0. The second-order valence-corrected chi connectivity index (χ2v) is 5.11. The molecule has 20 heavy (non-hydrogen) atoms. The van der Waals surface area contributed by atoms with E-state index in [0.29, 0.717) is 24.1 Å². The lowest BCUT2D eigenvalue weighted by molar-refractivity contribution is 0.290. The summed E-state index contributed by atoms with van der Waals surface area (Å²) in [5, 5.41) is 4.17. The lowest BCUT2D eigenvalue weighted by Gasteiger charge is -2.14. The van der Waals surface area contributed by atoms with Crippen molar-refractivity contribution in [2.45, 2.75) is 26.4 Å². The van der Waals surface area contributed by atoms with Crippen LogP contribution in [0, 0.1) is 0 Å². The molecule has 1 aromatic heterocycles. The van der Waals surface area contributed by atoms with Gasteiger partial charge in [0.05, 0.1) is 5.69 Å². The lowest BCUT2D eigenvalue weighted by atomic mass is 9.96. The van der Waals surface area contributed by atoms with Crippen molar-refractivity contribution in [2.24, 2.45) is 11.4 Å². The predicted molar refractivity (Wildman–Crippen MR) is 78.3 cm³/mol. The minimum Gasteiger partial charge on any atom is -0.472 e. The highest BCUT2D eigenvalue weighted by atomic mass is 32.1. The van der Waals surface area contributed by atoms with Crippen molar-refractivity contribution < 1.29 is 8.95 Å². The van der Waals surface area contributed by atoms with E-state index in [1.807, 2.05) is 31.4 Å². The van der Waals surface area contributed by atoms with Gasteiger partial charge in [0.2, 0.25) is 17.3 Å². The molecule has 0 spiro atoms. The molecule has 0 aliphatic rings. The summed E-state index contributed by atoms with van der Waals surface area (Å²) < 4.78 is 22.0. The van der Waals surface area contributed by atoms with Gasteiger partial charge in [0.15, 0.2) is 0 Å². The number of aromatic nitrogens is 2. The third-order valence-corrected chi connectivity index (χ3v) is 3.27. The van der Waals surface area contributed by atoms with Crippen LogP contribution in [0.25, 0.3) is 0 Å². The Morgan fingerprint density at radius 3 is 2.80 bits per heavy atom. The molecule has 0 saturated heterocycles. The van der Waals surface area contributed by atoms with E-state index in [9.17, 15) is 4.21 Å². The number of aryl methyl sites for hydroxylation is 1. The van der Waals surface area contributed by atoms with Gasteiger partial charge >= 0.3 is 0 Å². The highest BCUT2D eigenvalue weighted by Gasteiger charge is 2.12. The van der Waals surface area contributed by atoms with Crippen LogP contribution in [-0.4, -0.2) is 14.0 Å². The molecule has 0 N–H and O–H groups in total. The zero-order valence-electron chi connectivity index (χ0n) is 11.7. The second kappa shape index (κ2) is 6.47. The van der Waals surface area contributed by atoms with E-state index in [0.717, 1.165) is 11.1 Å². The quantitative estimate of drug-likeness (QED) is 0.850. The van der Waals surface area contributed by atoms with Crippen LogP contribution < -0.4 is 4.74 Å². The second-order valence-electron chi connectivity index (χ2n) is 4.78. The topological polar surface area (TPSA) is 56.5 Å². The Kier molecular flexibility index (Phi) is 4.68. The Morgan fingerprint density at radius 1 is 1.40 bits per heavy atom. The van der Waals surface area contributed by atoms with Crippen molar-refractivity contribution in [3.05, 3.63) is 41.6 Å². The molecule has 0 fully saturated rings. The Bertz CT molecular complexity index is 646. The maximum absolute atomic E-state index is 10.7. The van der Waals surface area contributed by atoms with Gasteiger partial charge in [0.1, 0.15) is 6.61 Å². The molecule has 1 aromatic carbocycles. The van der Waals surface area contributed by atoms with Crippen LogP contribution in [-0.2, 0) is 25.1 Å². The maximum Gasteiger partial charge on any atom is 0.233 e. The Hall–Kier alpha value is -1.95. The molecule has 6 heteroatoms. The third kappa shape index (κ3) is 3.33. The minimum absolute atomic E-state index is 0.215. The molecule has 5 nitrogen and oxygen atoms in total. The summed E-state index contributed by atoms with van der Waals surface area (Å²) in [6.45, 7) is 4.56. The summed E-state index contributed by atoms with van der Waals surface area (Å²) in [5.74, 6) is 0.899. The van der Waals surface area contributed by atoms with Gasteiger partial charge in [-0.25, -0.2) is 0 Å². The molecule has 0 aliphatic carbocycles. The van der Waals surface area contributed by atoms with Gasteiger partial charge in [-0.2, -0.15) is 8.57 Å². The first-order valence-electron chi connectivity index (χ1n) is 6.36. The van der Waals surface area contributed by atoms with E-state index < -0.39 is 0 Å². The third-order valence-electron chi connectivity index (χ3n) is 3.00. The van der Waals surface area contributed by atoms with Gasteiger partial charge < -0.3 is 4.74 Å².